The quantitative estimate of drug-likeness (QED) is 0.868. The number of nitrogens with zero attached hydrogens (tertiary/aromatic N) is 1. The van der Waals surface area contributed by atoms with E-state index in [1.807, 2.05) is 26.0 Å². The molecule has 1 aromatic carbocycles. The van der Waals surface area contributed by atoms with Crippen LogP contribution in [0.4, 0.5) is 10.5 Å². The Morgan fingerprint density at radius 3 is 2.42 bits per heavy atom. The Morgan fingerprint density at radius 2 is 1.95 bits per heavy atom. The van der Waals surface area contributed by atoms with Crippen molar-refractivity contribution in [1.29, 1.82) is 0 Å². The van der Waals surface area contributed by atoms with Crippen molar-refractivity contribution in [2.75, 3.05) is 4.90 Å². The molecule has 5 heteroatoms. The number of benzene rings is 1. The van der Waals surface area contributed by atoms with Gasteiger partial charge in [0.1, 0.15) is 0 Å². The number of anilines is 1. The van der Waals surface area contributed by atoms with Crippen molar-refractivity contribution >= 4 is 17.6 Å². The minimum absolute atomic E-state index is 0.0837. The number of hydrogen-bond acceptors (Lipinski definition) is 3. The molecular weight excluding hydrogens is 242 g/mol. The molecule has 5 nitrogen and oxygen atoms in total. The molecule has 1 saturated heterocycles. The van der Waals surface area contributed by atoms with Gasteiger partial charge < -0.3 is 11.1 Å². The van der Waals surface area contributed by atoms with Crippen molar-refractivity contribution in [3.8, 4) is 0 Å². The van der Waals surface area contributed by atoms with Crippen LogP contribution in [-0.2, 0) is 11.3 Å². The van der Waals surface area contributed by atoms with Gasteiger partial charge in [0.2, 0.25) is 5.91 Å². The molecule has 0 bridgehead atoms. The zero-order chi connectivity index (χ0) is 14.0. The lowest BCUT2D eigenvalue weighted by atomic mass is 9.98. The van der Waals surface area contributed by atoms with E-state index in [4.69, 9.17) is 5.73 Å². The van der Waals surface area contributed by atoms with Gasteiger partial charge in [0.05, 0.1) is 5.69 Å². The number of carbonyl (C=O) groups excluding carboxylic acids is 2. The second-order valence-electron chi connectivity index (χ2n) is 5.10. The Balaban J connectivity index is 2.20. The summed E-state index contributed by atoms with van der Waals surface area (Å²) in [6, 6.07) is 6.70. The van der Waals surface area contributed by atoms with E-state index < -0.39 is 0 Å². The molecule has 3 amide bonds. The van der Waals surface area contributed by atoms with Gasteiger partial charge >= 0.3 is 6.03 Å². The standard InChI is InChI=1S/C14H19N3O2/c1-9(2)12-7-13(18)17(14(19)16-12)11-5-3-10(8-15)4-6-11/h3-6,9,12H,7-8,15H2,1-2H3,(H,16,19). The number of carbonyl (C=O) groups is 2. The molecule has 1 atom stereocenters. The summed E-state index contributed by atoms with van der Waals surface area (Å²) in [4.78, 5) is 25.4. The average molecular weight is 261 g/mol. The van der Waals surface area contributed by atoms with Crippen LogP contribution in [0.5, 0.6) is 0 Å². The summed E-state index contributed by atoms with van der Waals surface area (Å²) >= 11 is 0. The fourth-order valence-corrected chi connectivity index (χ4v) is 2.11. The van der Waals surface area contributed by atoms with Crippen LogP contribution in [0.25, 0.3) is 0 Å². The summed E-state index contributed by atoms with van der Waals surface area (Å²) in [5.41, 5.74) is 7.08. The third-order valence-corrected chi connectivity index (χ3v) is 3.39. The maximum Gasteiger partial charge on any atom is 0.328 e. The van der Waals surface area contributed by atoms with Crippen LogP contribution >= 0.6 is 0 Å². The van der Waals surface area contributed by atoms with Gasteiger partial charge in [-0.2, -0.15) is 0 Å². The first kappa shape index (κ1) is 13.5. The van der Waals surface area contributed by atoms with Crippen LogP contribution in [0.3, 0.4) is 0 Å². The van der Waals surface area contributed by atoms with E-state index in [1.165, 1.54) is 4.90 Å². The van der Waals surface area contributed by atoms with Crippen molar-refractivity contribution < 1.29 is 9.59 Å². The molecule has 1 heterocycles. The van der Waals surface area contributed by atoms with Gasteiger partial charge in [-0.05, 0) is 23.6 Å². The maximum atomic E-state index is 12.1. The Morgan fingerprint density at radius 1 is 1.32 bits per heavy atom. The van der Waals surface area contributed by atoms with Crippen molar-refractivity contribution in [2.45, 2.75) is 32.9 Å². The van der Waals surface area contributed by atoms with Gasteiger partial charge in [-0.25, -0.2) is 9.69 Å². The first-order valence-electron chi connectivity index (χ1n) is 6.45. The summed E-state index contributed by atoms with van der Waals surface area (Å²) in [5, 5.41) is 2.86. The Labute approximate surface area is 112 Å². The number of rotatable bonds is 3. The fourth-order valence-electron chi connectivity index (χ4n) is 2.11. The summed E-state index contributed by atoms with van der Waals surface area (Å²) in [7, 11) is 0. The number of amides is 3. The normalized spacial score (nSPS) is 19.8. The van der Waals surface area contributed by atoms with E-state index in [-0.39, 0.29) is 23.9 Å². The zero-order valence-corrected chi connectivity index (χ0v) is 11.2. The van der Waals surface area contributed by atoms with Crippen molar-refractivity contribution in [3.63, 3.8) is 0 Å². The molecule has 0 saturated carbocycles. The minimum atomic E-state index is -0.351. The smallest absolute Gasteiger partial charge is 0.328 e. The highest BCUT2D eigenvalue weighted by Crippen LogP contribution is 2.22. The number of hydrogen-bond donors (Lipinski definition) is 2. The Hall–Kier alpha value is -1.88. The van der Waals surface area contributed by atoms with E-state index in [2.05, 4.69) is 5.32 Å². The van der Waals surface area contributed by atoms with E-state index in [9.17, 15) is 9.59 Å². The van der Waals surface area contributed by atoms with E-state index >= 15 is 0 Å². The van der Waals surface area contributed by atoms with Gasteiger partial charge in [-0.15, -0.1) is 0 Å². The summed E-state index contributed by atoms with van der Waals surface area (Å²) < 4.78 is 0. The van der Waals surface area contributed by atoms with Crippen molar-refractivity contribution in [3.05, 3.63) is 29.8 Å². The number of nitrogens with two attached hydrogens (primary N) is 1. The van der Waals surface area contributed by atoms with E-state index in [1.54, 1.807) is 12.1 Å². The lowest BCUT2D eigenvalue weighted by molar-refractivity contribution is -0.119. The second kappa shape index (κ2) is 5.40. The first-order valence-corrected chi connectivity index (χ1v) is 6.45. The SMILES string of the molecule is CC(C)C1CC(=O)N(c2ccc(CN)cc2)C(=O)N1. The highest BCUT2D eigenvalue weighted by atomic mass is 16.2. The molecule has 0 spiro atoms. The van der Waals surface area contributed by atoms with Crippen LogP contribution < -0.4 is 16.0 Å². The molecule has 1 aromatic rings. The number of urea groups is 1. The lowest BCUT2D eigenvalue weighted by Crippen LogP contribution is -2.56. The zero-order valence-electron chi connectivity index (χ0n) is 11.2. The predicted octanol–water partition coefficient (Wildman–Crippen LogP) is 1.62. The van der Waals surface area contributed by atoms with Crippen molar-refractivity contribution in [1.82, 2.24) is 5.32 Å². The van der Waals surface area contributed by atoms with Gasteiger partial charge in [-0.1, -0.05) is 26.0 Å². The molecule has 1 aliphatic rings. The largest absolute Gasteiger partial charge is 0.334 e. The summed E-state index contributed by atoms with van der Waals surface area (Å²) in [6.07, 6.45) is 0.335. The molecule has 102 valence electrons. The van der Waals surface area contributed by atoms with E-state index in [0.717, 1.165) is 5.56 Å². The highest BCUT2D eigenvalue weighted by molar-refractivity contribution is 6.16. The topological polar surface area (TPSA) is 75.4 Å². The Bertz CT molecular complexity index is 464. The molecule has 0 aromatic heterocycles. The minimum Gasteiger partial charge on any atom is -0.334 e. The molecule has 19 heavy (non-hydrogen) atoms. The predicted molar refractivity (Wildman–Crippen MR) is 73.6 cm³/mol. The first-order chi connectivity index (χ1) is 9.02. The Kier molecular flexibility index (Phi) is 3.85. The van der Waals surface area contributed by atoms with Crippen LogP contribution in [0.1, 0.15) is 25.8 Å². The van der Waals surface area contributed by atoms with Gasteiger partial charge in [0.15, 0.2) is 0 Å². The fraction of sp³-hybridized carbons (Fsp3) is 0.429. The van der Waals surface area contributed by atoms with Crippen LogP contribution in [0.15, 0.2) is 24.3 Å². The summed E-state index contributed by atoms with van der Waals surface area (Å²) in [6.45, 7) is 4.42. The second-order valence-corrected chi connectivity index (χ2v) is 5.10. The molecule has 2 rings (SSSR count). The summed E-state index contributed by atoms with van der Waals surface area (Å²) in [5.74, 6) is 0.0811. The monoisotopic (exact) mass is 261 g/mol. The molecule has 0 aliphatic carbocycles. The molecule has 0 radical (unpaired) electrons. The molecule has 1 fully saturated rings. The number of nitrogens with one attached hydrogen (secondary N) is 1. The van der Waals surface area contributed by atoms with Crippen LogP contribution in [0.2, 0.25) is 0 Å². The third-order valence-electron chi connectivity index (χ3n) is 3.39. The van der Waals surface area contributed by atoms with Gasteiger partial charge in [-0.3, -0.25) is 4.79 Å². The van der Waals surface area contributed by atoms with E-state index in [0.29, 0.717) is 18.7 Å². The number of imide groups is 1. The third kappa shape index (κ3) is 2.76. The molecule has 1 aliphatic heterocycles. The van der Waals surface area contributed by atoms with Crippen LogP contribution in [-0.4, -0.2) is 18.0 Å². The van der Waals surface area contributed by atoms with Gasteiger partial charge in [0, 0.05) is 19.0 Å². The van der Waals surface area contributed by atoms with Crippen molar-refractivity contribution in [2.24, 2.45) is 11.7 Å². The average Bonchev–Trinajstić information content (AvgIpc) is 2.38. The molecular formula is C14H19N3O2. The molecule has 1 unspecified atom stereocenters. The lowest BCUT2D eigenvalue weighted by Gasteiger charge is -2.33. The van der Waals surface area contributed by atoms with Crippen LogP contribution in [0, 0.1) is 5.92 Å². The highest BCUT2D eigenvalue weighted by Gasteiger charge is 2.34. The van der Waals surface area contributed by atoms with Gasteiger partial charge in [0.25, 0.3) is 0 Å². The maximum absolute atomic E-state index is 12.1. The molecule has 3 N–H and O–H groups in total.